The van der Waals surface area contributed by atoms with Gasteiger partial charge in [-0.05, 0) is 69.1 Å². The maximum absolute atomic E-state index is 15.4. The van der Waals surface area contributed by atoms with Crippen LogP contribution in [0.5, 0.6) is 0 Å². The summed E-state index contributed by atoms with van der Waals surface area (Å²) in [6.45, 7) is 3.83. The van der Waals surface area contributed by atoms with Gasteiger partial charge in [-0.2, -0.15) is 15.9 Å². The highest BCUT2D eigenvalue weighted by Gasteiger charge is 2.42. The van der Waals surface area contributed by atoms with Crippen molar-refractivity contribution >= 4 is 33.5 Å². The molecule has 3 saturated heterocycles. The summed E-state index contributed by atoms with van der Waals surface area (Å²) < 4.78 is 64.1. The largest absolute Gasteiger partial charge is 0.465 e. The Morgan fingerprint density at radius 3 is 2.56 bits per heavy atom. The minimum atomic E-state index is -3.11. The molecule has 0 bridgehead atoms. The quantitative estimate of drug-likeness (QED) is 0.129. The zero-order valence-electron chi connectivity index (χ0n) is 29.2. The number of aryl methyl sites for hydroxylation is 1. The number of benzene rings is 1. The van der Waals surface area contributed by atoms with Crippen molar-refractivity contribution in [1.29, 1.82) is 5.26 Å². The molecule has 3 aliphatic heterocycles. The van der Waals surface area contributed by atoms with Gasteiger partial charge in [0, 0.05) is 54.7 Å². The summed E-state index contributed by atoms with van der Waals surface area (Å²) in [6, 6.07) is 9.64. The van der Waals surface area contributed by atoms with E-state index in [1.807, 2.05) is 6.92 Å². The van der Waals surface area contributed by atoms with Gasteiger partial charge in [-0.1, -0.05) is 24.6 Å². The monoisotopic (exact) mass is 744 g/mol. The van der Waals surface area contributed by atoms with E-state index in [2.05, 4.69) is 21.4 Å². The van der Waals surface area contributed by atoms with E-state index in [0.29, 0.717) is 48.6 Å². The van der Waals surface area contributed by atoms with Gasteiger partial charge in [0.15, 0.2) is 6.29 Å². The van der Waals surface area contributed by atoms with Crippen molar-refractivity contribution in [3.05, 3.63) is 63.7 Å². The average molecular weight is 745 g/mol. The van der Waals surface area contributed by atoms with Gasteiger partial charge >= 0.3 is 6.09 Å². The number of carboxylic acid groups (broad SMARTS) is 1. The van der Waals surface area contributed by atoms with Crippen molar-refractivity contribution in [2.24, 2.45) is 5.92 Å². The lowest BCUT2D eigenvalue weighted by Crippen LogP contribution is -2.49. The molecule has 1 unspecified atom stereocenters. The number of alkyl halides is 2. The van der Waals surface area contributed by atoms with Crippen LogP contribution in [0.15, 0.2) is 41.5 Å². The number of rotatable bonds is 14. The highest BCUT2D eigenvalue weighted by atomic mass is 32.3. The molecule has 4 N–H and O–H groups in total. The first kappa shape index (κ1) is 37.9. The second-order valence-corrected chi connectivity index (χ2v) is 16.6. The van der Waals surface area contributed by atoms with Gasteiger partial charge in [0.05, 0.1) is 30.1 Å². The third-order valence-corrected chi connectivity index (χ3v) is 12.3. The highest BCUT2D eigenvalue weighted by molar-refractivity contribution is 8.24. The first-order chi connectivity index (χ1) is 24.8. The molecule has 52 heavy (non-hydrogen) atoms. The summed E-state index contributed by atoms with van der Waals surface area (Å²) in [5.41, 5.74) is -0.542. The minimum absolute atomic E-state index is 0.0131. The number of halogens is 2. The summed E-state index contributed by atoms with van der Waals surface area (Å²) in [7, 11) is -2.84. The molecule has 3 aromatic rings. The van der Waals surface area contributed by atoms with Gasteiger partial charge in [-0.15, -0.1) is 0 Å². The number of pyridine rings is 1. The van der Waals surface area contributed by atoms with Crippen LogP contribution in [0, 0.1) is 17.2 Å². The molecule has 0 spiro atoms. The minimum Gasteiger partial charge on any atom is -0.465 e. The maximum atomic E-state index is 15.4. The molecule has 0 saturated carbocycles. The van der Waals surface area contributed by atoms with Gasteiger partial charge in [-0.25, -0.2) is 23.5 Å². The van der Waals surface area contributed by atoms with Gasteiger partial charge in [-0.3, -0.25) is 18.5 Å². The average Bonchev–Trinajstić information content (AvgIpc) is 3.62. The van der Waals surface area contributed by atoms with Crippen molar-refractivity contribution in [2.75, 3.05) is 43.1 Å². The Morgan fingerprint density at radius 2 is 1.87 bits per heavy atom. The Balaban J connectivity index is 1.25. The summed E-state index contributed by atoms with van der Waals surface area (Å²) in [5.74, 6) is -2.82. The Hall–Kier alpha value is -3.88. The molecule has 3 aliphatic rings. The SMILES string of the molecule is CC(Nc1ncnc2c1cc(C1(C#N)CCS(O)(O)CC1)c(=O)n2CCCCCC1OCCO1)c1cccc(C(F)(F)CCC2CN(C(=O)O)C2)c1. The summed E-state index contributed by atoms with van der Waals surface area (Å²) >= 11 is 0. The number of anilines is 1. The number of likely N-dealkylation sites (tertiary alicyclic amines) is 1. The van der Waals surface area contributed by atoms with Gasteiger partial charge < -0.3 is 24.8 Å². The predicted octanol–water partition coefficient (Wildman–Crippen LogP) is 6.69. The summed E-state index contributed by atoms with van der Waals surface area (Å²) in [6.07, 6.45) is 3.14. The van der Waals surface area contributed by atoms with E-state index in [1.165, 1.54) is 23.4 Å². The number of ether oxygens (including phenoxy) is 2. The maximum Gasteiger partial charge on any atom is 0.407 e. The Morgan fingerprint density at radius 1 is 1.13 bits per heavy atom. The van der Waals surface area contributed by atoms with E-state index in [1.54, 1.807) is 22.8 Å². The lowest BCUT2D eigenvalue weighted by atomic mass is 9.77. The molecule has 0 aliphatic carbocycles. The van der Waals surface area contributed by atoms with E-state index in [9.17, 15) is 24.0 Å². The van der Waals surface area contributed by atoms with Crippen LogP contribution in [-0.2, 0) is 27.4 Å². The van der Waals surface area contributed by atoms with Crippen LogP contribution in [0.25, 0.3) is 11.0 Å². The topological polar surface area (TPSA) is 183 Å². The van der Waals surface area contributed by atoms with E-state index in [-0.39, 0.29) is 72.8 Å². The molecule has 0 radical (unpaired) electrons. The third-order valence-electron chi connectivity index (χ3n) is 10.6. The van der Waals surface area contributed by atoms with Crippen LogP contribution in [0.1, 0.15) is 81.0 Å². The molecule has 2 aromatic heterocycles. The fraction of sp³-hybridized carbons (Fsp3) is 0.583. The first-order valence-corrected chi connectivity index (χ1v) is 19.7. The fourth-order valence-electron chi connectivity index (χ4n) is 7.28. The Bertz CT molecular complexity index is 1850. The number of unbranched alkanes of at least 4 members (excludes halogenated alkanes) is 2. The first-order valence-electron chi connectivity index (χ1n) is 17.8. The van der Waals surface area contributed by atoms with Crippen molar-refractivity contribution in [2.45, 2.75) is 88.5 Å². The molecular weight excluding hydrogens is 698 g/mol. The number of aromatic nitrogens is 3. The zero-order valence-corrected chi connectivity index (χ0v) is 30.0. The van der Waals surface area contributed by atoms with Crippen molar-refractivity contribution in [1.82, 2.24) is 19.4 Å². The normalized spacial score (nSPS) is 20.3. The predicted molar refractivity (Wildman–Crippen MR) is 192 cm³/mol. The number of nitriles is 1. The number of nitrogens with one attached hydrogen (secondary N) is 1. The lowest BCUT2D eigenvalue weighted by molar-refractivity contribution is -0.0480. The number of fused-ring (bicyclic) bond motifs is 1. The molecule has 1 atom stereocenters. The summed E-state index contributed by atoms with van der Waals surface area (Å²) in [4.78, 5) is 35.4. The second kappa shape index (κ2) is 15.6. The van der Waals surface area contributed by atoms with E-state index < -0.39 is 40.5 Å². The van der Waals surface area contributed by atoms with Crippen LogP contribution in [0.3, 0.4) is 0 Å². The van der Waals surface area contributed by atoms with Crippen molar-refractivity contribution in [3.8, 4) is 6.07 Å². The van der Waals surface area contributed by atoms with Crippen LogP contribution >= 0.6 is 10.6 Å². The van der Waals surface area contributed by atoms with E-state index >= 15 is 8.78 Å². The number of hydrogen-bond acceptors (Lipinski definition) is 10. The standard InChI is InChI=1S/C36H46F2N6O7S/c1-24(26-6-5-7-27(18-26)36(37,38)10-9-25-20-43(21-25)34(46)47)42-31-28-19-29(35(22-39)11-16-52(48,49)17-12-35)33(45)44(32(28)41-23-40-31)13-4-2-3-8-30-50-14-15-51-30/h5-7,18-19,23-25,30,48-49H,2-4,8-17,20-21H2,1H3,(H,46,47)(H,40,41,42). The van der Waals surface area contributed by atoms with Crippen molar-refractivity contribution < 1.29 is 37.3 Å². The molecule has 1 amide bonds. The molecule has 16 heteroatoms. The lowest BCUT2D eigenvalue weighted by Gasteiger charge is -2.42. The zero-order chi connectivity index (χ0) is 37.1. The second-order valence-electron chi connectivity index (χ2n) is 14.2. The molecule has 13 nitrogen and oxygen atoms in total. The van der Waals surface area contributed by atoms with Crippen molar-refractivity contribution in [3.63, 3.8) is 0 Å². The number of hydrogen-bond donors (Lipinski definition) is 4. The fourth-order valence-corrected chi connectivity index (χ4v) is 8.84. The van der Waals surface area contributed by atoms with Gasteiger partial charge in [0.25, 0.3) is 11.5 Å². The molecule has 1 aromatic carbocycles. The Labute approximate surface area is 302 Å². The van der Waals surface area contributed by atoms with Gasteiger partial charge in [0.1, 0.15) is 17.8 Å². The van der Waals surface area contributed by atoms with Crippen LogP contribution in [0.2, 0.25) is 0 Å². The number of amides is 1. The Kier molecular flexibility index (Phi) is 11.4. The molecule has 5 heterocycles. The smallest absolute Gasteiger partial charge is 0.407 e. The molecule has 3 fully saturated rings. The molecule has 6 rings (SSSR count). The summed E-state index contributed by atoms with van der Waals surface area (Å²) in [5, 5.41) is 23.3. The highest BCUT2D eigenvalue weighted by Crippen LogP contribution is 2.50. The van der Waals surface area contributed by atoms with Crippen LogP contribution in [0.4, 0.5) is 19.4 Å². The van der Waals surface area contributed by atoms with Crippen LogP contribution < -0.4 is 10.9 Å². The molecular formula is C36H46F2N6O7S. The van der Waals surface area contributed by atoms with Crippen LogP contribution in [-0.4, -0.2) is 83.8 Å². The third kappa shape index (κ3) is 8.34. The number of carbonyl (C=O) groups is 1. The number of nitrogens with zero attached hydrogens (tertiary/aromatic N) is 5. The van der Waals surface area contributed by atoms with Gasteiger partial charge in [0.2, 0.25) is 0 Å². The van der Waals surface area contributed by atoms with E-state index in [4.69, 9.17) is 14.6 Å². The molecule has 282 valence electrons. The van der Waals surface area contributed by atoms with E-state index in [0.717, 1.165) is 19.3 Å².